The van der Waals surface area contributed by atoms with Gasteiger partial charge in [0.15, 0.2) is 5.17 Å². The molecule has 0 aliphatic carbocycles. The highest BCUT2D eigenvalue weighted by Crippen LogP contribution is 2.29. The van der Waals surface area contributed by atoms with E-state index in [1.807, 2.05) is 55.5 Å². The van der Waals surface area contributed by atoms with Crippen molar-refractivity contribution in [3.8, 4) is 0 Å². The Balaban J connectivity index is 1.68. The van der Waals surface area contributed by atoms with Crippen LogP contribution in [0.3, 0.4) is 0 Å². The van der Waals surface area contributed by atoms with E-state index in [0.717, 1.165) is 27.8 Å². The number of carbonyl (C=O) groups excluding carboxylic acids is 1. The van der Waals surface area contributed by atoms with E-state index in [4.69, 9.17) is 0 Å². The number of nitrogens with zero attached hydrogens (tertiary/aromatic N) is 3. The van der Waals surface area contributed by atoms with Crippen LogP contribution >= 0.6 is 11.8 Å². The van der Waals surface area contributed by atoms with Crippen LogP contribution in [-0.4, -0.2) is 20.2 Å². The van der Waals surface area contributed by atoms with E-state index in [1.165, 1.54) is 11.8 Å². The fourth-order valence-electron chi connectivity index (χ4n) is 3.04. The number of aryl methyl sites for hydroxylation is 3. The lowest BCUT2D eigenvalue weighted by Gasteiger charge is -2.00. The molecule has 2 aromatic carbocycles. The maximum atomic E-state index is 12.3. The smallest absolute Gasteiger partial charge is 0.300 e. The normalized spacial score (nSPS) is 17.2. The molecule has 1 saturated heterocycles. The van der Waals surface area contributed by atoms with E-state index in [0.29, 0.717) is 10.1 Å². The molecular formula is C20H18N4O2S. The summed E-state index contributed by atoms with van der Waals surface area (Å²) in [7, 11) is 3.49. The number of hydrogen-bond donors (Lipinski definition) is 1. The summed E-state index contributed by atoms with van der Waals surface area (Å²) >= 11 is 1.31. The zero-order chi connectivity index (χ0) is 19.1. The lowest BCUT2D eigenvalue weighted by atomic mass is 10.2. The Kier molecular flexibility index (Phi) is 4.24. The highest BCUT2D eigenvalue weighted by Gasteiger charge is 2.24. The molecule has 2 heterocycles. The number of fused-ring (bicyclic) bond motifs is 1. The van der Waals surface area contributed by atoms with E-state index < -0.39 is 0 Å². The lowest BCUT2D eigenvalue weighted by molar-refractivity contribution is -0.115. The molecule has 0 radical (unpaired) electrons. The zero-order valence-corrected chi connectivity index (χ0v) is 16.0. The average molecular weight is 378 g/mol. The molecule has 0 bridgehead atoms. The van der Waals surface area contributed by atoms with Crippen LogP contribution in [0.4, 0.5) is 5.69 Å². The van der Waals surface area contributed by atoms with Gasteiger partial charge < -0.3 is 5.32 Å². The number of rotatable bonds is 2. The Labute approximate surface area is 160 Å². The Morgan fingerprint density at radius 1 is 1.04 bits per heavy atom. The number of hydrogen-bond acceptors (Lipinski definition) is 4. The highest BCUT2D eigenvalue weighted by molar-refractivity contribution is 8.18. The first-order chi connectivity index (χ1) is 12.9. The monoisotopic (exact) mass is 378 g/mol. The van der Waals surface area contributed by atoms with Crippen molar-refractivity contribution in [3.63, 3.8) is 0 Å². The number of aromatic nitrogens is 2. The van der Waals surface area contributed by atoms with E-state index in [2.05, 4.69) is 10.3 Å². The number of carbonyl (C=O) groups is 1. The Morgan fingerprint density at radius 3 is 2.56 bits per heavy atom. The third kappa shape index (κ3) is 3.10. The van der Waals surface area contributed by atoms with Crippen LogP contribution in [0, 0.1) is 6.92 Å². The van der Waals surface area contributed by atoms with Gasteiger partial charge in [-0.1, -0.05) is 24.3 Å². The zero-order valence-electron chi connectivity index (χ0n) is 15.2. The molecule has 6 nitrogen and oxygen atoms in total. The molecule has 1 N–H and O–H groups in total. The van der Waals surface area contributed by atoms with E-state index in [1.54, 1.807) is 23.2 Å². The molecule has 7 heteroatoms. The molecule has 4 rings (SSSR count). The molecule has 1 fully saturated rings. The van der Waals surface area contributed by atoms with Gasteiger partial charge in [-0.2, -0.15) is 0 Å². The van der Waals surface area contributed by atoms with Crippen LogP contribution in [0.1, 0.15) is 11.1 Å². The minimum absolute atomic E-state index is 0.0737. The Bertz CT molecular complexity index is 1200. The predicted octanol–water partition coefficient (Wildman–Crippen LogP) is 3.08. The quantitative estimate of drug-likeness (QED) is 0.697. The SMILES string of the molecule is Cc1ccccc1N=C1NC(=O)/C(=C/c2ccc3c(c2)n(C)c(=O)n3C)S1. The molecule has 1 aromatic heterocycles. The predicted molar refractivity (Wildman–Crippen MR) is 110 cm³/mol. The number of benzene rings is 2. The van der Waals surface area contributed by atoms with Crippen LogP contribution in [0.25, 0.3) is 17.1 Å². The van der Waals surface area contributed by atoms with Gasteiger partial charge in [-0.25, -0.2) is 9.79 Å². The highest BCUT2D eigenvalue weighted by atomic mass is 32.2. The first-order valence-corrected chi connectivity index (χ1v) is 9.26. The molecular weight excluding hydrogens is 360 g/mol. The number of nitrogens with one attached hydrogen (secondary N) is 1. The molecule has 0 spiro atoms. The van der Waals surface area contributed by atoms with Crippen molar-refractivity contribution < 1.29 is 4.79 Å². The van der Waals surface area contributed by atoms with E-state index in [9.17, 15) is 9.59 Å². The van der Waals surface area contributed by atoms with E-state index in [-0.39, 0.29) is 11.6 Å². The van der Waals surface area contributed by atoms with Crippen molar-refractivity contribution >= 4 is 45.6 Å². The first-order valence-electron chi connectivity index (χ1n) is 8.45. The van der Waals surface area contributed by atoms with Gasteiger partial charge in [-0.05, 0) is 54.1 Å². The minimum Gasteiger partial charge on any atom is -0.300 e. The maximum absolute atomic E-state index is 12.3. The molecule has 1 amide bonds. The summed E-state index contributed by atoms with van der Waals surface area (Å²) in [5.74, 6) is -0.172. The van der Waals surface area contributed by atoms with Gasteiger partial charge in [-0.15, -0.1) is 0 Å². The molecule has 0 atom stereocenters. The third-order valence-electron chi connectivity index (χ3n) is 4.58. The summed E-state index contributed by atoms with van der Waals surface area (Å²) < 4.78 is 3.21. The maximum Gasteiger partial charge on any atom is 0.328 e. The van der Waals surface area contributed by atoms with Crippen molar-refractivity contribution in [1.29, 1.82) is 0 Å². The molecule has 27 heavy (non-hydrogen) atoms. The fraction of sp³-hybridized carbons (Fsp3) is 0.150. The van der Waals surface area contributed by atoms with Crippen LogP contribution in [0.15, 0.2) is 57.2 Å². The summed E-state index contributed by atoms with van der Waals surface area (Å²) in [4.78, 5) is 29.5. The van der Waals surface area contributed by atoms with Crippen molar-refractivity contribution in [1.82, 2.24) is 14.5 Å². The van der Waals surface area contributed by atoms with Crippen LogP contribution in [0.2, 0.25) is 0 Å². The van der Waals surface area contributed by atoms with Gasteiger partial charge in [0.1, 0.15) is 0 Å². The van der Waals surface area contributed by atoms with Gasteiger partial charge in [0, 0.05) is 14.1 Å². The Morgan fingerprint density at radius 2 is 1.78 bits per heavy atom. The number of thioether (sulfide) groups is 1. The number of aliphatic imine (C=N–C) groups is 1. The summed E-state index contributed by atoms with van der Waals surface area (Å²) in [5.41, 5.74) is 4.35. The summed E-state index contributed by atoms with van der Waals surface area (Å²) in [6.07, 6.45) is 1.82. The summed E-state index contributed by atoms with van der Waals surface area (Å²) in [6.45, 7) is 1.98. The van der Waals surface area contributed by atoms with Gasteiger partial charge in [0.2, 0.25) is 0 Å². The fourth-order valence-corrected chi connectivity index (χ4v) is 3.88. The second-order valence-electron chi connectivity index (χ2n) is 6.42. The van der Waals surface area contributed by atoms with Gasteiger partial charge >= 0.3 is 5.69 Å². The van der Waals surface area contributed by atoms with Crippen molar-refractivity contribution in [3.05, 3.63) is 69.0 Å². The van der Waals surface area contributed by atoms with Gasteiger partial charge in [-0.3, -0.25) is 13.9 Å². The van der Waals surface area contributed by atoms with Crippen molar-refractivity contribution in [2.24, 2.45) is 19.1 Å². The molecule has 1 aliphatic heterocycles. The second kappa shape index (κ2) is 6.59. The van der Waals surface area contributed by atoms with Crippen molar-refractivity contribution in [2.75, 3.05) is 0 Å². The van der Waals surface area contributed by atoms with Gasteiger partial charge in [0.25, 0.3) is 5.91 Å². The standard InChI is InChI=1S/C20H18N4O2S/c1-12-6-4-5-7-14(12)21-19-22-18(25)17(27-19)11-13-8-9-15-16(10-13)24(3)20(26)23(15)2/h4-11H,1-3H3,(H,21,22,25)/b17-11-. The number of para-hydroxylation sites is 1. The molecule has 0 saturated carbocycles. The first kappa shape index (κ1) is 17.4. The lowest BCUT2D eigenvalue weighted by Crippen LogP contribution is -2.19. The van der Waals surface area contributed by atoms with Crippen LogP contribution in [-0.2, 0) is 18.9 Å². The van der Waals surface area contributed by atoms with Gasteiger partial charge in [0.05, 0.1) is 21.6 Å². The number of imidazole rings is 1. The van der Waals surface area contributed by atoms with Crippen molar-refractivity contribution in [2.45, 2.75) is 6.92 Å². The average Bonchev–Trinajstić information content (AvgIpc) is 3.10. The second-order valence-corrected chi connectivity index (χ2v) is 7.45. The molecule has 3 aromatic rings. The largest absolute Gasteiger partial charge is 0.328 e. The summed E-state index contributed by atoms with van der Waals surface area (Å²) in [6, 6.07) is 13.5. The topological polar surface area (TPSA) is 68.4 Å². The Hall–Kier alpha value is -3.06. The minimum atomic E-state index is -0.172. The number of amides is 1. The van der Waals surface area contributed by atoms with E-state index >= 15 is 0 Å². The van der Waals surface area contributed by atoms with Crippen LogP contribution < -0.4 is 11.0 Å². The third-order valence-corrected chi connectivity index (χ3v) is 5.49. The molecule has 0 unspecified atom stereocenters. The van der Waals surface area contributed by atoms with Crippen LogP contribution in [0.5, 0.6) is 0 Å². The molecule has 136 valence electrons. The molecule has 1 aliphatic rings. The number of amidine groups is 1. The summed E-state index contributed by atoms with van der Waals surface area (Å²) in [5, 5.41) is 3.37.